The average Bonchev–Trinajstić information content (AvgIpc) is 2.41. The molecule has 2 saturated heterocycles. The summed E-state index contributed by atoms with van der Waals surface area (Å²) in [5.74, 6) is 1.28. The lowest BCUT2D eigenvalue weighted by Crippen LogP contribution is -2.45. The Hall–Kier alpha value is -0.370. The summed E-state index contributed by atoms with van der Waals surface area (Å²) in [6.45, 7) is 5.77. The number of fused-ring (bicyclic) bond motifs is 2. The van der Waals surface area contributed by atoms with Gasteiger partial charge in [-0.15, -0.1) is 0 Å². The van der Waals surface area contributed by atoms with Crippen LogP contribution >= 0.6 is 0 Å². The van der Waals surface area contributed by atoms with Crippen molar-refractivity contribution >= 4 is 5.78 Å². The number of ketones is 1. The van der Waals surface area contributed by atoms with E-state index < -0.39 is 0 Å². The van der Waals surface area contributed by atoms with Crippen molar-refractivity contribution in [2.24, 2.45) is 5.92 Å². The van der Waals surface area contributed by atoms with Crippen LogP contribution in [0.4, 0.5) is 0 Å². The fourth-order valence-electron chi connectivity index (χ4n) is 2.85. The topological polar surface area (TPSA) is 20.3 Å². The molecule has 0 saturated carbocycles. The number of rotatable bonds is 3. The molecule has 2 fully saturated rings. The van der Waals surface area contributed by atoms with E-state index in [1.165, 1.54) is 25.8 Å². The highest BCUT2D eigenvalue weighted by atomic mass is 16.1. The van der Waals surface area contributed by atoms with Crippen molar-refractivity contribution in [1.82, 2.24) is 4.90 Å². The Morgan fingerprint density at radius 3 is 2.43 bits per heavy atom. The van der Waals surface area contributed by atoms with E-state index in [2.05, 4.69) is 18.7 Å². The molecule has 0 aromatic heterocycles. The molecule has 3 atom stereocenters. The van der Waals surface area contributed by atoms with Crippen LogP contribution in [0.2, 0.25) is 0 Å². The molecule has 2 heteroatoms. The lowest BCUT2D eigenvalue weighted by atomic mass is 9.99. The highest BCUT2D eigenvalue weighted by molar-refractivity contribution is 5.80. The van der Waals surface area contributed by atoms with Gasteiger partial charge >= 0.3 is 0 Å². The molecular formula is C12H21NO. The standard InChI is InChI=1S/C12H21NO/c1-3-9(2)8-13-10-4-5-11(13)7-12(14)6-10/h9-11H,3-8H2,1-2H3/t9?,10-,11+. The summed E-state index contributed by atoms with van der Waals surface area (Å²) in [6, 6.07) is 1.19. The molecule has 2 aliphatic rings. The first-order valence-electron chi connectivity index (χ1n) is 5.98. The number of carbonyl (C=O) groups excluding carboxylic acids is 1. The average molecular weight is 195 g/mol. The van der Waals surface area contributed by atoms with Gasteiger partial charge in [0.2, 0.25) is 0 Å². The second kappa shape index (κ2) is 4.01. The van der Waals surface area contributed by atoms with Gasteiger partial charge in [0.15, 0.2) is 0 Å². The van der Waals surface area contributed by atoms with Gasteiger partial charge in [-0.1, -0.05) is 20.3 Å². The van der Waals surface area contributed by atoms with Crippen molar-refractivity contribution < 1.29 is 4.79 Å². The van der Waals surface area contributed by atoms with Gasteiger partial charge < -0.3 is 0 Å². The maximum absolute atomic E-state index is 11.4. The van der Waals surface area contributed by atoms with Crippen molar-refractivity contribution in [2.45, 2.75) is 58.0 Å². The maximum Gasteiger partial charge on any atom is 0.136 e. The van der Waals surface area contributed by atoms with Crippen LogP contribution in [0.5, 0.6) is 0 Å². The molecular weight excluding hydrogens is 174 g/mol. The van der Waals surface area contributed by atoms with Crippen molar-refractivity contribution in [2.75, 3.05) is 6.54 Å². The third-order valence-corrected chi connectivity index (χ3v) is 3.92. The van der Waals surface area contributed by atoms with Crippen molar-refractivity contribution in [3.05, 3.63) is 0 Å². The minimum absolute atomic E-state index is 0.498. The Bertz CT molecular complexity index is 210. The third-order valence-electron chi connectivity index (χ3n) is 3.92. The SMILES string of the molecule is CCC(C)CN1[C@@H]2CC[C@H]1CC(=O)C2. The summed E-state index contributed by atoms with van der Waals surface area (Å²) in [5, 5.41) is 0. The van der Waals surface area contributed by atoms with Gasteiger partial charge in [-0.2, -0.15) is 0 Å². The zero-order valence-electron chi connectivity index (χ0n) is 9.33. The molecule has 2 bridgehead atoms. The highest BCUT2D eigenvalue weighted by Crippen LogP contribution is 2.34. The van der Waals surface area contributed by atoms with Crippen LogP contribution in [0.1, 0.15) is 46.0 Å². The van der Waals surface area contributed by atoms with E-state index in [1.807, 2.05) is 0 Å². The first-order chi connectivity index (χ1) is 6.70. The lowest BCUT2D eigenvalue weighted by molar-refractivity contribution is -0.123. The number of Topliss-reactive ketones (excluding diaryl/α,β-unsaturated/α-hetero) is 1. The first kappa shape index (κ1) is 10.2. The van der Waals surface area contributed by atoms with Crippen molar-refractivity contribution in [1.29, 1.82) is 0 Å². The summed E-state index contributed by atoms with van der Waals surface area (Å²) >= 11 is 0. The summed E-state index contributed by atoms with van der Waals surface area (Å²) < 4.78 is 0. The summed E-state index contributed by atoms with van der Waals surface area (Å²) in [4.78, 5) is 14.0. The molecule has 2 heterocycles. The molecule has 0 aromatic rings. The van der Waals surface area contributed by atoms with Gasteiger partial charge in [-0.3, -0.25) is 9.69 Å². The summed E-state index contributed by atoms with van der Waals surface area (Å²) in [7, 11) is 0. The van der Waals surface area contributed by atoms with Crippen LogP contribution < -0.4 is 0 Å². The minimum atomic E-state index is 0.498. The maximum atomic E-state index is 11.4. The molecule has 0 radical (unpaired) electrons. The summed E-state index contributed by atoms with van der Waals surface area (Å²) in [6.07, 6.45) is 5.42. The Kier molecular flexibility index (Phi) is 2.91. The molecule has 0 amide bonds. The molecule has 0 spiro atoms. The number of hydrogen-bond donors (Lipinski definition) is 0. The Morgan fingerprint density at radius 2 is 1.93 bits per heavy atom. The molecule has 0 aliphatic carbocycles. The van der Waals surface area contributed by atoms with Crippen molar-refractivity contribution in [3.8, 4) is 0 Å². The van der Waals surface area contributed by atoms with E-state index in [-0.39, 0.29) is 0 Å². The zero-order valence-corrected chi connectivity index (χ0v) is 9.33. The van der Waals surface area contributed by atoms with Crippen LogP contribution in [0.25, 0.3) is 0 Å². The fourth-order valence-corrected chi connectivity index (χ4v) is 2.85. The molecule has 14 heavy (non-hydrogen) atoms. The van der Waals surface area contributed by atoms with Crippen molar-refractivity contribution in [3.63, 3.8) is 0 Å². The van der Waals surface area contributed by atoms with Crippen LogP contribution in [-0.2, 0) is 4.79 Å². The smallest absolute Gasteiger partial charge is 0.136 e. The molecule has 0 aromatic carbocycles. The van der Waals surface area contributed by atoms with Crippen LogP contribution in [0.3, 0.4) is 0 Å². The monoisotopic (exact) mass is 195 g/mol. The molecule has 80 valence electrons. The van der Waals surface area contributed by atoms with E-state index in [4.69, 9.17) is 0 Å². The number of piperidine rings is 1. The van der Waals surface area contributed by atoms with E-state index in [1.54, 1.807) is 0 Å². The largest absolute Gasteiger partial charge is 0.300 e. The van der Waals surface area contributed by atoms with Crippen LogP contribution in [0.15, 0.2) is 0 Å². The molecule has 0 N–H and O–H groups in total. The van der Waals surface area contributed by atoms with E-state index in [0.717, 1.165) is 18.8 Å². The lowest BCUT2D eigenvalue weighted by Gasteiger charge is -2.35. The fraction of sp³-hybridized carbons (Fsp3) is 0.917. The van der Waals surface area contributed by atoms with Gasteiger partial charge in [0.1, 0.15) is 5.78 Å². The normalized spacial score (nSPS) is 34.9. The van der Waals surface area contributed by atoms with Crippen LogP contribution in [0, 0.1) is 5.92 Å². The van der Waals surface area contributed by atoms with Gasteiger partial charge in [0, 0.05) is 31.5 Å². The quantitative estimate of drug-likeness (QED) is 0.688. The van der Waals surface area contributed by atoms with Gasteiger partial charge in [0.05, 0.1) is 0 Å². The van der Waals surface area contributed by atoms with Crippen LogP contribution in [-0.4, -0.2) is 29.3 Å². The van der Waals surface area contributed by atoms with Gasteiger partial charge in [-0.25, -0.2) is 0 Å². The Morgan fingerprint density at radius 1 is 1.36 bits per heavy atom. The highest BCUT2D eigenvalue weighted by Gasteiger charge is 2.39. The third kappa shape index (κ3) is 1.85. The van der Waals surface area contributed by atoms with E-state index in [9.17, 15) is 4.79 Å². The second-order valence-electron chi connectivity index (χ2n) is 5.04. The first-order valence-corrected chi connectivity index (χ1v) is 5.98. The number of nitrogens with zero attached hydrogens (tertiary/aromatic N) is 1. The number of hydrogen-bond acceptors (Lipinski definition) is 2. The Labute approximate surface area is 86.7 Å². The molecule has 1 unspecified atom stereocenters. The second-order valence-corrected chi connectivity index (χ2v) is 5.04. The summed E-state index contributed by atoms with van der Waals surface area (Å²) in [5.41, 5.74) is 0. The molecule has 2 nitrogen and oxygen atoms in total. The number of carbonyl (C=O) groups is 1. The van der Waals surface area contributed by atoms with E-state index in [0.29, 0.717) is 17.9 Å². The predicted molar refractivity (Wildman–Crippen MR) is 57.2 cm³/mol. The Balaban J connectivity index is 1.97. The molecule has 2 rings (SSSR count). The van der Waals surface area contributed by atoms with Gasteiger partial charge in [-0.05, 0) is 18.8 Å². The zero-order chi connectivity index (χ0) is 10.1. The predicted octanol–water partition coefficient (Wildman–Crippen LogP) is 2.23. The van der Waals surface area contributed by atoms with E-state index >= 15 is 0 Å². The van der Waals surface area contributed by atoms with Gasteiger partial charge in [0.25, 0.3) is 0 Å². The minimum Gasteiger partial charge on any atom is -0.300 e. The molecule has 2 aliphatic heterocycles.